The van der Waals surface area contributed by atoms with Crippen molar-refractivity contribution in [2.75, 3.05) is 19.6 Å². The Bertz CT molecular complexity index is 660. The molecule has 1 aromatic carbocycles. The van der Waals surface area contributed by atoms with E-state index in [9.17, 15) is 9.90 Å². The average Bonchev–Trinajstić information content (AvgIpc) is 3.41. The van der Waals surface area contributed by atoms with Crippen LogP contribution in [0.4, 0.5) is 0 Å². The van der Waals surface area contributed by atoms with E-state index in [2.05, 4.69) is 53.5 Å². The summed E-state index contributed by atoms with van der Waals surface area (Å²) in [6, 6.07) is 11.8. The van der Waals surface area contributed by atoms with E-state index in [1.807, 2.05) is 13.8 Å². The highest BCUT2D eigenvalue weighted by molar-refractivity contribution is 5.73. The van der Waals surface area contributed by atoms with Gasteiger partial charge in [-0.2, -0.15) is 0 Å². The van der Waals surface area contributed by atoms with E-state index in [4.69, 9.17) is 0 Å². The maximum absolute atomic E-state index is 11.3. The van der Waals surface area contributed by atoms with Crippen LogP contribution in [-0.2, 0) is 4.79 Å². The molecule has 1 saturated heterocycles. The number of carbonyl (C=O) groups is 1. The van der Waals surface area contributed by atoms with E-state index >= 15 is 0 Å². The Kier molecular flexibility index (Phi) is 6.38. The molecule has 4 heteroatoms. The van der Waals surface area contributed by atoms with Gasteiger partial charge in [0.2, 0.25) is 0 Å². The van der Waals surface area contributed by atoms with Crippen molar-refractivity contribution >= 4 is 12.0 Å². The van der Waals surface area contributed by atoms with Gasteiger partial charge in [0.1, 0.15) is 0 Å². The molecule has 0 radical (unpaired) electrons. The van der Waals surface area contributed by atoms with Gasteiger partial charge in [-0.05, 0) is 64.1 Å². The third-order valence-corrected chi connectivity index (χ3v) is 6.06. The SMILES string of the molecule is CC/C(=C\c1ccccc1)[C@@H]1C[C@H]1NC1CCN(CC(C)(C)C(=O)O)CC1. The molecule has 0 amide bonds. The van der Waals surface area contributed by atoms with Gasteiger partial charge in [-0.25, -0.2) is 0 Å². The number of aliphatic carboxylic acids is 1. The van der Waals surface area contributed by atoms with Crippen LogP contribution in [0.2, 0.25) is 0 Å². The zero-order valence-electron chi connectivity index (χ0n) is 16.9. The first kappa shape index (κ1) is 20.1. The van der Waals surface area contributed by atoms with Gasteiger partial charge >= 0.3 is 5.97 Å². The predicted octanol–water partition coefficient (Wildman–Crippen LogP) is 4.03. The number of hydrogen-bond donors (Lipinski definition) is 2. The van der Waals surface area contributed by atoms with Gasteiger partial charge in [0.25, 0.3) is 0 Å². The third kappa shape index (κ3) is 5.43. The van der Waals surface area contributed by atoms with Crippen molar-refractivity contribution in [3.05, 3.63) is 41.5 Å². The summed E-state index contributed by atoms with van der Waals surface area (Å²) < 4.78 is 0. The van der Waals surface area contributed by atoms with Crippen molar-refractivity contribution in [3.8, 4) is 0 Å². The normalized spacial score (nSPS) is 24.8. The van der Waals surface area contributed by atoms with Crippen LogP contribution >= 0.6 is 0 Å². The molecule has 2 aliphatic rings. The zero-order chi connectivity index (χ0) is 19.4. The quantitative estimate of drug-likeness (QED) is 0.725. The number of hydrogen-bond acceptors (Lipinski definition) is 3. The highest BCUT2D eigenvalue weighted by Crippen LogP contribution is 2.40. The standard InChI is InChI=1S/C23H34N2O2/c1-4-18(14-17-8-6-5-7-9-17)20-15-21(20)24-19-10-12-25(13-11-19)16-23(2,3)22(26)27/h5-9,14,19-21,24H,4,10-13,15-16H2,1-3H3,(H,26,27)/b18-14+/t20-,21+/m0/s1. The summed E-state index contributed by atoms with van der Waals surface area (Å²) in [5.41, 5.74) is 2.19. The zero-order valence-corrected chi connectivity index (χ0v) is 16.9. The second-order valence-corrected chi connectivity index (χ2v) is 8.84. The molecule has 3 rings (SSSR count). The number of benzene rings is 1. The second-order valence-electron chi connectivity index (χ2n) is 8.84. The fourth-order valence-corrected chi connectivity index (χ4v) is 4.21. The molecule has 4 nitrogen and oxygen atoms in total. The Morgan fingerprint density at radius 3 is 2.52 bits per heavy atom. The van der Waals surface area contributed by atoms with E-state index in [0.717, 1.165) is 32.4 Å². The van der Waals surface area contributed by atoms with Gasteiger partial charge in [0, 0.05) is 18.6 Å². The molecule has 0 unspecified atom stereocenters. The molecule has 1 aliphatic carbocycles. The minimum Gasteiger partial charge on any atom is -0.481 e. The van der Waals surface area contributed by atoms with E-state index in [1.54, 1.807) is 5.57 Å². The van der Waals surface area contributed by atoms with Crippen LogP contribution in [-0.4, -0.2) is 47.7 Å². The Balaban J connectivity index is 1.45. The minimum atomic E-state index is -0.708. The largest absolute Gasteiger partial charge is 0.481 e. The first-order valence-corrected chi connectivity index (χ1v) is 10.4. The fraction of sp³-hybridized carbons (Fsp3) is 0.609. The molecule has 0 bridgehead atoms. The predicted molar refractivity (Wildman–Crippen MR) is 111 cm³/mol. The third-order valence-electron chi connectivity index (χ3n) is 6.06. The summed E-state index contributed by atoms with van der Waals surface area (Å²) in [5.74, 6) is -0.0277. The maximum Gasteiger partial charge on any atom is 0.310 e. The van der Waals surface area contributed by atoms with Gasteiger partial charge in [0.15, 0.2) is 0 Å². The number of rotatable bonds is 8. The van der Waals surface area contributed by atoms with Crippen molar-refractivity contribution in [2.45, 2.75) is 58.5 Å². The number of piperidine rings is 1. The lowest BCUT2D eigenvalue weighted by Gasteiger charge is -2.36. The molecule has 1 heterocycles. The summed E-state index contributed by atoms with van der Waals surface area (Å²) in [6.07, 6.45) is 6.95. The molecule has 2 N–H and O–H groups in total. The van der Waals surface area contributed by atoms with Gasteiger partial charge < -0.3 is 15.3 Å². The van der Waals surface area contributed by atoms with Crippen molar-refractivity contribution in [3.63, 3.8) is 0 Å². The average molecular weight is 371 g/mol. The van der Waals surface area contributed by atoms with Crippen LogP contribution in [0.1, 0.15) is 52.0 Å². The van der Waals surface area contributed by atoms with E-state index in [1.165, 1.54) is 12.0 Å². The Labute approximate surface area is 163 Å². The maximum atomic E-state index is 11.3. The monoisotopic (exact) mass is 370 g/mol. The van der Waals surface area contributed by atoms with Crippen molar-refractivity contribution < 1.29 is 9.90 Å². The van der Waals surface area contributed by atoms with Crippen LogP contribution in [0.25, 0.3) is 6.08 Å². The number of nitrogens with zero attached hydrogens (tertiary/aromatic N) is 1. The van der Waals surface area contributed by atoms with Gasteiger partial charge in [0.05, 0.1) is 5.41 Å². The molecular weight excluding hydrogens is 336 g/mol. The molecule has 0 aromatic heterocycles. The first-order valence-electron chi connectivity index (χ1n) is 10.4. The molecule has 1 aliphatic heterocycles. The molecule has 2 fully saturated rings. The molecular formula is C23H34N2O2. The summed E-state index contributed by atoms with van der Waals surface area (Å²) in [4.78, 5) is 13.6. The minimum absolute atomic E-state index is 0.569. The molecule has 0 spiro atoms. The summed E-state index contributed by atoms with van der Waals surface area (Å²) >= 11 is 0. The lowest BCUT2D eigenvalue weighted by Crippen LogP contribution is -2.47. The highest BCUT2D eigenvalue weighted by Gasteiger charge is 2.40. The molecule has 27 heavy (non-hydrogen) atoms. The second kappa shape index (κ2) is 8.57. The van der Waals surface area contributed by atoms with Crippen molar-refractivity contribution in [1.29, 1.82) is 0 Å². The van der Waals surface area contributed by atoms with Gasteiger partial charge in [-0.15, -0.1) is 0 Å². The molecule has 1 aromatic rings. The summed E-state index contributed by atoms with van der Waals surface area (Å²) in [5, 5.41) is 13.2. The molecule has 1 saturated carbocycles. The van der Waals surface area contributed by atoms with Crippen LogP contribution < -0.4 is 5.32 Å². The number of carboxylic acid groups (broad SMARTS) is 1. The van der Waals surface area contributed by atoms with Crippen molar-refractivity contribution in [1.82, 2.24) is 10.2 Å². The van der Waals surface area contributed by atoms with Crippen LogP contribution in [0.5, 0.6) is 0 Å². The van der Waals surface area contributed by atoms with E-state index < -0.39 is 11.4 Å². The number of carboxylic acids is 1. The van der Waals surface area contributed by atoms with Crippen LogP contribution in [0.3, 0.4) is 0 Å². The topological polar surface area (TPSA) is 52.6 Å². The fourth-order valence-electron chi connectivity index (χ4n) is 4.21. The number of likely N-dealkylation sites (tertiary alicyclic amines) is 1. The lowest BCUT2D eigenvalue weighted by molar-refractivity contribution is -0.148. The van der Waals surface area contributed by atoms with Gasteiger partial charge in [-0.3, -0.25) is 4.79 Å². The lowest BCUT2D eigenvalue weighted by atomic mass is 9.91. The van der Waals surface area contributed by atoms with Gasteiger partial charge in [-0.1, -0.05) is 48.9 Å². The smallest absolute Gasteiger partial charge is 0.310 e. The molecule has 148 valence electrons. The molecule has 2 atom stereocenters. The Morgan fingerprint density at radius 1 is 1.26 bits per heavy atom. The first-order chi connectivity index (χ1) is 12.9. The summed E-state index contributed by atoms with van der Waals surface area (Å²) in [6.45, 7) is 8.52. The Hall–Kier alpha value is -1.65. The van der Waals surface area contributed by atoms with Crippen molar-refractivity contribution in [2.24, 2.45) is 11.3 Å². The van der Waals surface area contributed by atoms with Crippen LogP contribution in [0, 0.1) is 11.3 Å². The van der Waals surface area contributed by atoms with E-state index in [-0.39, 0.29) is 0 Å². The van der Waals surface area contributed by atoms with Crippen LogP contribution in [0.15, 0.2) is 35.9 Å². The number of nitrogens with one attached hydrogen (secondary N) is 1. The highest BCUT2D eigenvalue weighted by atomic mass is 16.4. The summed E-state index contributed by atoms with van der Waals surface area (Å²) in [7, 11) is 0. The van der Waals surface area contributed by atoms with E-state index in [0.29, 0.717) is 24.5 Å². The Morgan fingerprint density at radius 2 is 1.93 bits per heavy atom.